The van der Waals surface area contributed by atoms with Crippen LogP contribution in [0.2, 0.25) is 0 Å². The molecule has 0 aromatic heterocycles. The maximum absolute atomic E-state index is 5.50. The third-order valence-electron chi connectivity index (χ3n) is 1.63. The Labute approximate surface area is 92.9 Å². The topological polar surface area (TPSA) is 9.23 Å². The molecule has 0 saturated carbocycles. The lowest BCUT2D eigenvalue weighted by Crippen LogP contribution is -1.95. The van der Waals surface area contributed by atoms with Gasteiger partial charge in [-0.15, -0.1) is 0 Å². The first kappa shape index (κ1) is 10.7. The fourth-order valence-corrected chi connectivity index (χ4v) is 1.12. The van der Waals surface area contributed by atoms with Crippen LogP contribution in [-0.4, -0.2) is 6.61 Å². The standard InChI is InChI=1S/C11H13IO/c1-10(7-12)8-13-9-11-5-3-2-4-6-11/h2-7H,8-9H2,1H3/b10-7-. The predicted octanol–water partition coefficient (Wildman–Crippen LogP) is 3.54. The van der Waals surface area contributed by atoms with Crippen molar-refractivity contribution in [3.8, 4) is 0 Å². The summed E-state index contributed by atoms with van der Waals surface area (Å²) < 4.78 is 7.54. The van der Waals surface area contributed by atoms with E-state index in [1.807, 2.05) is 22.3 Å². The van der Waals surface area contributed by atoms with Crippen molar-refractivity contribution in [2.24, 2.45) is 0 Å². The molecule has 1 aromatic carbocycles. The molecule has 1 rings (SSSR count). The lowest BCUT2D eigenvalue weighted by Gasteiger charge is -2.03. The van der Waals surface area contributed by atoms with E-state index in [0.717, 1.165) is 6.61 Å². The van der Waals surface area contributed by atoms with Gasteiger partial charge < -0.3 is 4.74 Å². The van der Waals surface area contributed by atoms with Gasteiger partial charge in [0.1, 0.15) is 0 Å². The average molecular weight is 288 g/mol. The molecule has 0 heterocycles. The van der Waals surface area contributed by atoms with Crippen molar-refractivity contribution in [2.45, 2.75) is 13.5 Å². The van der Waals surface area contributed by atoms with Gasteiger partial charge in [-0.25, -0.2) is 0 Å². The second-order valence-corrected chi connectivity index (χ2v) is 3.56. The molecule has 0 atom stereocenters. The van der Waals surface area contributed by atoms with Gasteiger partial charge in [-0.3, -0.25) is 0 Å². The first-order valence-electron chi connectivity index (χ1n) is 4.20. The molecule has 0 aliphatic heterocycles. The van der Waals surface area contributed by atoms with Crippen molar-refractivity contribution in [3.63, 3.8) is 0 Å². The quantitative estimate of drug-likeness (QED) is 0.770. The highest BCUT2D eigenvalue weighted by atomic mass is 127. The van der Waals surface area contributed by atoms with Crippen molar-refractivity contribution >= 4 is 22.6 Å². The van der Waals surface area contributed by atoms with Gasteiger partial charge in [0.15, 0.2) is 0 Å². The van der Waals surface area contributed by atoms with Gasteiger partial charge in [0.25, 0.3) is 0 Å². The summed E-state index contributed by atoms with van der Waals surface area (Å²) >= 11 is 2.23. The fourth-order valence-electron chi connectivity index (χ4n) is 0.936. The minimum atomic E-state index is 0.697. The number of ether oxygens (including phenoxy) is 1. The summed E-state index contributed by atoms with van der Waals surface area (Å²) in [5.74, 6) is 0. The Hall–Kier alpha value is -0.350. The van der Waals surface area contributed by atoms with E-state index in [2.05, 4.69) is 41.6 Å². The summed E-state index contributed by atoms with van der Waals surface area (Å²) in [5, 5.41) is 0. The van der Waals surface area contributed by atoms with Crippen molar-refractivity contribution in [3.05, 3.63) is 45.6 Å². The first-order valence-corrected chi connectivity index (χ1v) is 5.45. The number of hydrogen-bond acceptors (Lipinski definition) is 1. The van der Waals surface area contributed by atoms with Crippen LogP contribution in [0.15, 0.2) is 40.0 Å². The first-order chi connectivity index (χ1) is 6.33. The SMILES string of the molecule is C/C(=C/I)COCc1ccccc1. The largest absolute Gasteiger partial charge is 0.372 e. The van der Waals surface area contributed by atoms with E-state index >= 15 is 0 Å². The molecule has 0 fully saturated rings. The second kappa shape index (κ2) is 6.16. The molecule has 0 aliphatic rings. The van der Waals surface area contributed by atoms with Gasteiger partial charge in [0, 0.05) is 0 Å². The molecular formula is C11H13IO. The molecule has 0 N–H and O–H groups in total. The van der Waals surface area contributed by atoms with Crippen molar-refractivity contribution < 1.29 is 4.74 Å². The molecule has 1 aromatic rings. The van der Waals surface area contributed by atoms with E-state index in [1.165, 1.54) is 11.1 Å². The van der Waals surface area contributed by atoms with Crippen LogP contribution >= 0.6 is 22.6 Å². The highest BCUT2D eigenvalue weighted by Crippen LogP contribution is 2.03. The summed E-state index contributed by atoms with van der Waals surface area (Å²) in [4.78, 5) is 0. The van der Waals surface area contributed by atoms with Crippen LogP contribution in [0.5, 0.6) is 0 Å². The summed E-state index contributed by atoms with van der Waals surface area (Å²) in [6.45, 7) is 3.48. The lowest BCUT2D eigenvalue weighted by molar-refractivity contribution is 0.143. The Morgan fingerprint density at radius 3 is 2.69 bits per heavy atom. The summed E-state index contributed by atoms with van der Waals surface area (Å²) in [5.41, 5.74) is 2.49. The Morgan fingerprint density at radius 2 is 2.08 bits per heavy atom. The molecule has 0 amide bonds. The molecule has 13 heavy (non-hydrogen) atoms. The molecule has 0 spiro atoms. The molecular weight excluding hydrogens is 275 g/mol. The highest BCUT2D eigenvalue weighted by Gasteiger charge is 1.91. The Bertz CT molecular complexity index is 267. The number of hydrogen-bond donors (Lipinski definition) is 0. The smallest absolute Gasteiger partial charge is 0.0721 e. The zero-order valence-electron chi connectivity index (χ0n) is 7.66. The van der Waals surface area contributed by atoms with Crippen LogP contribution in [0.25, 0.3) is 0 Å². The maximum atomic E-state index is 5.50. The minimum absolute atomic E-state index is 0.697. The van der Waals surface area contributed by atoms with E-state index < -0.39 is 0 Å². The zero-order valence-corrected chi connectivity index (χ0v) is 9.82. The van der Waals surface area contributed by atoms with Crippen molar-refractivity contribution in [1.82, 2.24) is 0 Å². The number of benzene rings is 1. The van der Waals surface area contributed by atoms with Gasteiger partial charge in [0.05, 0.1) is 13.2 Å². The second-order valence-electron chi connectivity index (χ2n) is 2.93. The van der Waals surface area contributed by atoms with E-state index in [1.54, 1.807) is 0 Å². The Balaban J connectivity index is 2.28. The van der Waals surface area contributed by atoms with Crippen LogP contribution in [0, 0.1) is 0 Å². The molecule has 1 nitrogen and oxygen atoms in total. The molecule has 0 radical (unpaired) electrons. The molecule has 70 valence electrons. The van der Waals surface area contributed by atoms with Gasteiger partial charge in [0.2, 0.25) is 0 Å². The van der Waals surface area contributed by atoms with E-state index in [-0.39, 0.29) is 0 Å². The van der Waals surface area contributed by atoms with E-state index in [0.29, 0.717) is 6.61 Å². The molecule has 2 heteroatoms. The summed E-state index contributed by atoms with van der Waals surface area (Å²) in [6.07, 6.45) is 0. The summed E-state index contributed by atoms with van der Waals surface area (Å²) in [7, 11) is 0. The average Bonchev–Trinajstić information content (AvgIpc) is 2.19. The number of rotatable bonds is 4. The van der Waals surface area contributed by atoms with E-state index in [9.17, 15) is 0 Å². The van der Waals surface area contributed by atoms with Gasteiger partial charge in [-0.1, -0.05) is 52.9 Å². The van der Waals surface area contributed by atoms with Crippen molar-refractivity contribution in [2.75, 3.05) is 6.61 Å². The predicted molar refractivity (Wildman–Crippen MR) is 63.9 cm³/mol. The van der Waals surface area contributed by atoms with Crippen LogP contribution in [0.4, 0.5) is 0 Å². The minimum Gasteiger partial charge on any atom is -0.372 e. The molecule has 0 saturated heterocycles. The third-order valence-corrected chi connectivity index (χ3v) is 2.69. The Kier molecular flexibility index (Phi) is 5.08. The third kappa shape index (κ3) is 4.43. The normalized spacial score (nSPS) is 11.7. The zero-order chi connectivity index (χ0) is 9.52. The molecule has 0 bridgehead atoms. The summed E-state index contributed by atoms with van der Waals surface area (Å²) in [6, 6.07) is 10.2. The lowest BCUT2D eigenvalue weighted by atomic mass is 10.2. The van der Waals surface area contributed by atoms with Crippen molar-refractivity contribution in [1.29, 1.82) is 0 Å². The molecule has 0 aliphatic carbocycles. The van der Waals surface area contributed by atoms with Crippen LogP contribution in [0.3, 0.4) is 0 Å². The Morgan fingerprint density at radius 1 is 1.38 bits per heavy atom. The van der Waals surface area contributed by atoms with Gasteiger partial charge in [-0.2, -0.15) is 0 Å². The van der Waals surface area contributed by atoms with Crippen LogP contribution in [0.1, 0.15) is 12.5 Å². The fraction of sp³-hybridized carbons (Fsp3) is 0.273. The van der Waals surface area contributed by atoms with Gasteiger partial charge >= 0.3 is 0 Å². The highest BCUT2D eigenvalue weighted by molar-refractivity contribution is 14.1. The monoisotopic (exact) mass is 288 g/mol. The van der Waals surface area contributed by atoms with Crippen LogP contribution < -0.4 is 0 Å². The maximum Gasteiger partial charge on any atom is 0.0721 e. The molecule has 0 unspecified atom stereocenters. The van der Waals surface area contributed by atoms with Gasteiger partial charge in [-0.05, 0) is 22.1 Å². The number of halogens is 1. The van der Waals surface area contributed by atoms with Crippen LogP contribution in [-0.2, 0) is 11.3 Å². The van der Waals surface area contributed by atoms with E-state index in [4.69, 9.17) is 4.74 Å².